The summed E-state index contributed by atoms with van der Waals surface area (Å²) in [5.74, 6) is 0.600. The summed E-state index contributed by atoms with van der Waals surface area (Å²) >= 11 is 7.48. The molecule has 1 rings (SSSR count). The monoisotopic (exact) mass is 261 g/mol. The highest BCUT2D eigenvalue weighted by atomic mass is 35.5. The van der Waals surface area contributed by atoms with Crippen LogP contribution in [0.1, 0.15) is 25.6 Å². The van der Waals surface area contributed by atoms with Gasteiger partial charge in [-0.25, -0.2) is 0 Å². The third kappa shape index (κ3) is 5.85. The zero-order valence-electron chi connectivity index (χ0n) is 10.1. The SMILES string of the molecule is CC(C)COCC(C)NCc1ccc(Cl)s1. The van der Waals surface area contributed by atoms with Gasteiger partial charge in [-0.1, -0.05) is 25.4 Å². The Bertz CT molecular complexity index is 301. The number of hydrogen-bond acceptors (Lipinski definition) is 3. The molecule has 0 bridgehead atoms. The van der Waals surface area contributed by atoms with Crippen molar-refractivity contribution in [3.05, 3.63) is 21.3 Å². The van der Waals surface area contributed by atoms with E-state index >= 15 is 0 Å². The molecule has 0 saturated carbocycles. The van der Waals surface area contributed by atoms with Crippen molar-refractivity contribution in [1.29, 1.82) is 0 Å². The number of nitrogens with one attached hydrogen (secondary N) is 1. The summed E-state index contributed by atoms with van der Waals surface area (Å²) in [6.45, 7) is 8.91. The molecule has 1 unspecified atom stereocenters. The van der Waals surface area contributed by atoms with E-state index in [2.05, 4.69) is 32.2 Å². The molecule has 0 radical (unpaired) electrons. The van der Waals surface area contributed by atoms with E-state index in [1.54, 1.807) is 11.3 Å². The molecule has 0 aliphatic heterocycles. The van der Waals surface area contributed by atoms with Crippen molar-refractivity contribution in [1.82, 2.24) is 5.32 Å². The minimum Gasteiger partial charge on any atom is -0.380 e. The summed E-state index contributed by atoms with van der Waals surface area (Å²) in [6.07, 6.45) is 0. The molecule has 1 heterocycles. The summed E-state index contributed by atoms with van der Waals surface area (Å²) in [4.78, 5) is 1.26. The Balaban J connectivity index is 2.12. The van der Waals surface area contributed by atoms with Gasteiger partial charge in [-0.3, -0.25) is 0 Å². The molecule has 0 spiro atoms. The van der Waals surface area contributed by atoms with Crippen LogP contribution in [0.15, 0.2) is 12.1 Å². The van der Waals surface area contributed by atoms with Crippen molar-refractivity contribution in [2.75, 3.05) is 13.2 Å². The molecule has 0 aliphatic rings. The van der Waals surface area contributed by atoms with E-state index in [0.29, 0.717) is 12.0 Å². The molecule has 0 amide bonds. The predicted molar refractivity (Wildman–Crippen MR) is 71.3 cm³/mol. The molecule has 92 valence electrons. The Hall–Kier alpha value is -0.0900. The van der Waals surface area contributed by atoms with Crippen molar-refractivity contribution >= 4 is 22.9 Å². The van der Waals surface area contributed by atoms with Gasteiger partial charge in [-0.15, -0.1) is 11.3 Å². The van der Waals surface area contributed by atoms with Gasteiger partial charge in [0.05, 0.1) is 10.9 Å². The van der Waals surface area contributed by atoms with E-state index in [-0.39, 0.29) is 0 Å². The first-order valence-electron chi connectivity index (χ1n) is 5.63. The highest BCUT2D eigenvalue weighted by molar-refractivity contribution is 7.16. The van der Waals surface area contributed by atoms with Crippen LogP contribution in [0.2, 0.25) is 4.34 Å². The molecule has 4 heteroatoms. The second kappa shape index (κ2) is 7.28. The van der Waals surface area contributed by atoms with Crippen molar-refractivity contribution in [2.24, 2.45) is 5.92 Å². The molecule has 1 aromatic rings. The number of hydrogen-bond donors (Lipinski definition) is 1. The van der Waals surface area contributed by atoms with Crippen LogP contribution in [0.5, 0.6) is 0 Å². The van der Waals surface area contributed by atoms with E-state index in [9.17, 15) is 0 Å². The van der Waals surface area contributed by atoms with Crippen LogP contribution in [0.3, 0.4) is 0 Å². The van der Waals surface area contributed by atoms with Crippen LogP contribution in [0, 0.1) is 5.92 Å². The van der Waals surface area contributed by atoms with E-state index in [4.69, 9.17) is 16.3 Å². The molecule has 2 nitrogen and oxygen atoms in total. The van der Waals surface area contributed by atoms with Crippen LogP contribution in [0.4, 0.5) is 0 Å². The second-order valence-corrected chi connectivity index (χ2v) is 6.22. The van der Waals surface area contributed by atoms with Gasteiger partial charge >= 0.3 is 0 Å². The minimum absolute atomic E-state index is 0.375. The van der Waals surface area contributed by atoms with E-state index in [1.165, 1.54) is 4.88 Å². The number of ether oxygens (including phenoxy) is 1. The van der Waals surface area contributed by atoms with Gasteiger partial charge in [0.25, 0.3) is 0 Å². The van der Waals surface area contributed by atoms with Crippen LogP contribution < -0.4 is 5.32 Å². The van der Waals surface area contributed by atoms with Crippen LogP contribution in [-0.4, -0.2) is 19.3 Å². The van der Waals surface area contributed by atoms with E-state index in [0.717, 1.165) is 24.1 Å². The zero-order chi connectivity index (χ0) is 12.0. The van der Waals surface area contributed by atoms with Crippen molar-refractivity contribution < 1.29 is 4.74 Å². The lowest BCUT2D eigenvalue weighted by Crippen LogP contribution is -2.30. The van der Waals surface area contributed by atoms with Crippen LogP contribution >= 0.6 is 22.9 Å². The second-order valence-electron chi connectivity index (χ2n) is 4.42. The molecule has 1 aromatic heterocycles. The van der Waals surface area contributed by atoms with Crippen molar-refractivity contribution in [3.63, 3.8) is 0 Å². The summed E-state index contributed by atoms with van der Waals surface area (Å²) < 4.78 is 6.41. The van der Waals surface area contributed by atoms with Crippen molar-refractivity contribution in [2.45, 2.75) is 33.4 Å². The van der Waals surface area contributed by atoms with Gasteiger partial charge < -0.3 is 10.1 Å². The molecular formula is C12H20ClNOS. The average Bonchev–Trinajstić information content (AvgIpc) is 2.61. The van der Waals surface area contributed by atoms with E-state index in [1.807, 2.05) is 6.07 Å². The summed E-state index contributed by atoms with van der Waals surface area (Å²) in [7, 11) is 0. The smallest absolute Gasteiger partial charge is 0.0931 e. The van der Waals surface area contributed by atoms with E-state index < -0.39 is 0 Å². The van der Waals surface area contributed by atoms with Crippen LogP contribution in [-0.2, 0) is 11.3 Å². The largest absolute Gasteiger partial charge is 0.380 e. The Labute approximate surface area is 107 Å². The molecule has 16 heavy (non-hydrogen) atoms. The topological polar surface area (TPSA) is 21.3 Å². The number of halogens is 1. The Morgan fingerprint density at radius 3 is 2.62 bits per heavy atom. The minimum atomic E-state index is 0.375. The maximum Gasteiger partial charge on any atom is 0.0931 e. The highest BCUT2D eigenvalue weighted by Crippen LogP contribution is 2.21. The van der Waals surface area contributed by atoms with Crippen molar-refractivity contribution in [3.8, 4) is 0 Å². The molecular weight excluding hydrogens is 242 g/mol. The summed E-state index contributed by atoms with van der Waals surface area (Å²) in [5.41, 5.74) is 0. The number of rotatable bonds is 7. The van der Waals surface area contributed by atoms with Crippen LogP contribution in [0.25, 0.3) is 0 Å². The molecule has 1 atom stereocenters. The van der Waals surface area contributed by atoms with Gasteiger partial charge in [-0.2, -0.15) is 0 Å². The van der Waals surface area contributed by atoms with Gasteiger partial charge in [0, 0.05) is 24.1 Å². The van der Waals surface area contributed by atoms with Gasteiger partial charge in [0.15, 0.2) is 0 Å². The lowest BCUT2D eigenvalue weighted by atomic mass is 10.2. The first-order chi connectivity index (χ1) is 7.58. The highest BCUT2D eigenvalue weighted by Gasteiger charge is 2.04. The lowest BCUT2D eigenvalue weighted by molar-refractivity contribution is 0.0936. The standard InChI is InChI=1S/C12H20ClNOS/c1-9(2)7-15-8-10(3)14-6-11-4-5-12(13)16-11/h4-5,9-10,14H,6-8H2,1-3H3. The van der Waals surface area contributed by atoms with Gasteiger partial charge in [0.1, 0.15) is 0 Å². The molecule has 0 saturated heterocycles. The molecule has 0 aliphatic carbocycles. The lowest BCUT2D eigenvalue weighted by Gasteiger charge is -2.14. The predicted octanol–water partition coefficient (Wildman–Crippen LogP) is 3.55. The number of thiophene rings is 1. The maximum absolute atomic E-state index is 5.86. The summed E-state index contributed by atoms with van der Waals surface area (Å²) in [5, 5.41) is 3.41. The quantitative estimate of drug-likeness (QED) is 0.811. The fourth-order valence-corrected chi connectivity index (χ4v) is 2.30. The average molecular weight is 262 g/mol. The third-order valence-electron chi connectivity index (χ3n) is 2.07. The zero-order valence-corrected chi connectivity index (χ0v) is 11.7. The Kier molecular flexibility index (Phi) is 6.36. The molecule has 0 fully saturated rings. The Morgan fingerprint density at radius 1 is 1.31 bits per heavy atom. The molecule has 0 aromatic carbocycles. The normalized spacial score (nSPS) is 13.3. The molecule has 1 N–H and O–H groups in total. The first-order valence-corrected chi connectivity index (χ1v) is 6.82. The maximum atomic E-state index is 5.86. The Morgan fingerprint density at radius 2 is 2.06 bits per heavy atom. The van der Waals surface area contributed by atoms with Gasteiger partial charge in [0.2, 0.25) is 0 Å². The third-order valence-corrected chi connectivity index (χ3v) is 3.30. The van der Waals surface area contributed by atoms with Gasteiger partial charge in [-0.05, 0) is 25.0 Å². The summed E-state index contributed by atoms with van der Waals surface area (Å²) in [6, 6.07) is 4.37. The fourth-order valence-electron chi connectivity index (χ4n) is 1.26. The fraction of sp³-hybridized carbons (Fsp3) is 0.667. The first kappa shape index (κ1) is 14.0.